The van der Waals surface area contributed by atoms with E-state index in [1.165, 1.54) is 5.69 Å². The van der Waals surface area contributed by atoms with Crippen LogP contribution in [0.4, 0.5) is 5.69 Å². The molecule has 0 unspecified atom stereocenters. The van der Waals surface area contributed by atoms with Crippen LogP contribution >= 0.6 is 23.4 Å². The van der Waals surface area contributed by atoms with Crippen molar-refractivity contribution in [1.29, 1.82) is 0 Å². The van der Waals surface area contributed by atoms with Gasteiger partial charge in [-0.2, -0.15) is 0 Å². The fourth-order valence-corrected chi connectivity index (χ4v) is 5.12. The van der Waals surface area contributed by atoms with Gasteiger partial charge in [0.1, 0.15) is 0 Å². The van der Waals surface area contributed by atoms with Gasteiger partial charge in [0.05, 0.1) is 19.0 Å². The number of rotatable bonds is 6. The number of anilines is 1. The number of carbonyl (C=O) groups excluding carboxylic acids is 1. The summed E-state index contributed by atoms with van der Waals surface area (Å²) in [6, 6.07) is 20.3. The first-order chi connectivity index (χ1) is 14.6. The minimum atomic E-state index is 0.0980. The molecule has 3 aromatic carbocycles. The van der Waals surface area contributed by atoms with E-state index in [9.17, 15) is 4.79 Å². The number of amides is 1. The molecule has 156 valence electrons. The smallest absolute Gasteiger partial charge is 0.232 e. The zero-order valence-electron chi connectivity index (χ0n) is 17.0. The maximum absolute atomic E-state index is 12.9. The Hall–Kier alpha value is -2.21. The van der Waals surface area contributed by atoms with E-state index in [-0.39, 0.29) is 5.91 Å². The second-order valence-corrected chi connectivity index (χ2v) is 8.79. The molecule has 1 fully saturated rings. The minimum absolute atomic E-state index is 0.0980. The van der Waals surface area contributed by atoms with Gasteiger partial charge < -0.3 is 14.5 Å². The summed E-state index contributed by atoms with van der Waals surface area (Å²) in [5.41, 5.74) is 2.35. The molecule has 0 saturated carbocycles. The van der Waals surface area contributed by atoms with E-state index in [0.717, 1.165) is 52.6 Å². The zero-order valence-corrected chi connectivity index (χ0v) is 18.6. The van der Waals surface area contributed by atoms with Gasteiger partial charge in [-0.15, -0.1) is 11.8 Å². The molecule has 0 atom stereocenters. The molecule has 6 heteroatoms. The molecule has 0 aliphatic carbocycles. The first-order valence-electron chi connectivity index (χ1n) is 10.1. The fraction of sp³-hybridized carbons (Fsp3) is 0.292. The predicted octanol–water partition coefficient (Wildman–Crippen LogP) is 5.08. The van der Waals surface area contributed by atoms with Gasteiger partial charge in [0, 0.05) is 47.7 Å². The summed E-state index contributed by atoms with van der Waals surface area (Å²) in [6.07, 6.45) is 0. The Morgan fingerprint density at radius 2 is 1.80 bits per heavy atom. The lowest BCUT2D eigenvalue weighted by Gasteiger charge is -2.31. The van der Waals surface area contributed by atoms with Gasteiger partial charge in [-0.1, -0.05) is 54.1 Å². The summed E-state index contributed by atoms with van der Waals surface area (Å²) >= 11 is 7.96. The summed E-state index contributed by atoms with van der Waals surface area (Å²) in [5, 5.41) is 2.82. The summed E-state index contributed by atoms with van der Waals surface area (Å²) in [7, 11) is 1.87. The van der Waals surface area contributed by atoms with E-state index in [1.807, 2.05) is 49.5 Å². The monoisotopic (exact) mass is 440 g/mol. The Bertz CT molecular complexity index is 1030. The molecule has 0 N–H and O–H groups in total. The Balaban J connectivity index is 1.43. The van der Waals surface area contributed by atoms with Crippen LogP contribution < -0.4 is 4.90 Å². The number of morpholine rings is 1. The SMILES string of the molecule is CN(Cc1ccccc1N1CCOCC1)C(=O)CSc1cccc2cccc(Cl)c12. The molecule has 30 heavy (non-hydrogen) atoms. The average Bonchev–Trinajstić information content (AvgIpc) is 2.78. The topological polar surface area (TPSA) is 32.8 Å². The van der Waals surface area contributed by atoms with E-state index in [0.29, 0.717) is 12.3 Å². The Morgan fingerprint density at radius 3 is 2.60 bits per heavy atom. The lowest BCUT2D eigenvalue weighted by Crippen LogP contribution is -2.37. The van der Waals surface area contributed by atoms with Crippen molar-refractivity contribution in [3.8, 4) is 0 Å². The molecule has 0 bridgehead atoms. The predicted molar refractivity (Wildman–Crippen MR) is 126 cm³/mol. The van der Waals surface area contributed by atoms with Crippen LogP contribution in [0.25, 0.3) is 10.8 Å². The molecule has 1 aliphatic heterocycles. The second kappa shape index (κ2) is 9.73. The van der Waals surface area contributed by atoms with Crippen molar-refractivity contribution in [3.63, 3.8) is 0 Å². The number of halogens is 1. The second-order valence-electron chi connectivity index (χ2n) is 7.36. The molecule has 0 aromatic heterocycles. The van der Waals surface area contributed by atoms with E-state index in [4.69, 9.17) is 16.3 Å². The maximum atomic E-state index is 12.9. The van der Waals surface area contributed by atoms with Crippen LogP contribution in [0.2, 0.25) is 5.02 Å². The molecule has 0 radical (unpaired) electrons. The highest BCUT2D eigenvalue weighted by atomic mass is 35.5. The number of carbonyl (C=O) groups is 1. The number of benzene rings is 3. The lowest BCUT2D eigenvalue weighted by atomic mass is 10.1. The van der Waals surface area contributed by atoms with Crippen molar-refractivity contribution in [1.82, 2.24) is 4.90 Å². The number of para-hydroxylation sites is 1. The van der Waals surface area contributed by atoms with E-state index < -0.39 is 0 Å². The third kappa shape index (κ3) is 4.75. The minimum Gasteiger partial charge on any atom is -0.378 e. The van der Waals surface area contributed by atoms with Crippen LogP contribution in [0.5, 0.6) is 0 Å². The van der Waals surface area contributed by atoms with Crippen molar-refractivity contribution in [2.45, 2.75) is 11.4 Å². The lowest BCUT2D eigenvalue weighted by molar-refractivity contribution is -0.127. The van der Waals surface area contributed by atoms with Crippen LogP contribution in [0.15, 0.2) is 65.6 Å². The maximum Gasteiger partial charge on any atom is 0.232 e. The van der Waals surface area contributed by atoms with Crippen molar-refractivity contribution in [2.24, 2.45) is 0 Å². The molecule has 4 rings (SSSR count). The molecule has 1 amide bonds. The quantitative estimate of drug-likeness (QED) is 0.500. The molecule has 1 aliphatic rings. The van der Waals surface area contributed by atoms with E-state index >= 15 is 0 Å². The molecule has 0 spiro atoms. The van der Waals surface area contributed by atoms with Gasteiger partial charge in [-0.3, -0.25) is 4.79 Å². The fourth-order valence-electron chi connectivity index (χ4n) is 3.73. The standard InChI is InChI=1S/C24H25ClN2O2S/c1-26(16-19-6-2-3-10-21(19)27-12-14-29-15-13-27)23(28)17-30-22-11-5-8-18-7-4-9-20(25)24(18)22/h2-11H,12-17H2,1H3. The number of ether oxygens (including phenoxy) is 1. The molecule has 1 heterocycles. The largest absolute Gasteiger partial charge is 0.378 e. The number of fused-ring (bicyclic) bond motifs is 1. The van der Waals surface area contributed by atoms with Gasteiger partial charge in [0.25, 0.3) is 0 Å². The van der Waals surface area contributed by atoms with Crippen molar-refractivity contribution in [3.05, 3.63) is 71.2 Å². The Labute approximate surface area is 186 Å². The number of hydrogen-bond acceptors (Lipinski definition) is 4. The van der Waals surface area contributed by atoms with Crippen molar-refractivity contribution in [2.75, 3.05) is 44.0 Å². The first kappa shape index (κ1) is 21.0. The Kier molecular flexibility index (Phi) is 6.82. The summed E-state index contributed by atoms with van der Waals surface area (Å²) < 4.78 is 5.47. The number of nitrogens with zero attached hydrogens (tertiary/aromatic N) is 2. The molecular weight excluding hydrogens is 416 g/mol. The van der Waals surface area contributed by atoms with Crippen LogP contribution in [0.3, 0.4) is 0 Å². The summed E-state index contributed by atoms with van der Waals surface area (Å²) in [5.74, 6) is 0.474. The third-order valence-corrected chi connectivity index (χ3v) is 6.70. The first-order valence-corrected chi connectivity index (χ1v) is 11.4. The van der Waals surface area contributed by atoms with Crippen LogP contribution in [0.1, 0.15) is 5.56 Å². The molecule has 1 saturated heterocycles. The van der Waals surface area contributed by atoms with Crippen LogP contribution in [-0.2, 0) is 16.1 Å². The third-order valence-electron chi connectivity index (χ3n) is 5.34. The van der Waals surface area contributed by atoms with Gasteiger partial charge in [-0.25, -0.2) is 0 Å². The summed E-state index contributed by atoms with van der Waals surface area (Å²) in [4.78, 5) is 18.0. The molecule has 3 aromatic rings. The summed E-state index contributed by atoms with van der Waals surface area (Å²) in [6.45, 7) is 3.84. The van der Waals surface area contributed by atoms with Gasteiger partial charge in [-0.05, 0) is 29.1 Å². The highest BCUT2D eigenvalue weighted by molar-refractivity contribution is 8.00. The van der Waals surface area contributed by atoms with Crippen molar-refractivity contribution < 1.29 is 9.53 Å². The molecule has 4 nitrogen and oxygen atoms in total. The highest BCUT2D eigenvalue weighted by Crippen LogP contribution is 2.33. The van der Waals surface area contributed by atoms with Crippen molar-refractivity contribution >= 4 is 45.7 Å². The van der Waals surface area contributed by atoms with Gasteiger partial charge >= 0.3 is 0 Å². The molecular formula is C24H25ClN2O2S. The number of hydrogen-bond donors (Lipinski definition) is 0. The highest BCUT2D eigenvalue weighted by Gasteiger charge is 2.17. The van der Waals surface area contributed by atoms with Gasteiger partial charge in [0.2, 0.25) is 5.91 Å². The van der Waals surface area contributed by atoms with Gasteiger partial charge in [0.15, 0.2) is 0 Å². The van der Waals surface area contributed by atoms with E-state index in [1.54, 1.807) is 16.7 Å². The van der Waals surface area contributed by atoms with E-state index in [2.05, 4.69) is 23.1 Å². The Morgan fingerprint density at radius 1 is 1.07 bits per heavy atom. The average molecular weight is 441 g/mol. The zero-order chi connectivity index (χ0) is 20.9. The normalized spacial score (nSPS) is 14.1. The number of thioether (sulfide) groups is 1. The van der Waals surface area contributed by atoms with Crippen LogP contribution in [0, 0.1) is 0 Å². The van der Waals surface area contributed by atoms with Crippen LogP contribution in [-0.4, -0.2) is 49.9 Å².